The van der Waals surface area contributed by atoms with Crippen LogP contribution in [0.2, 0.25) is 0 Å². The Balaban J connectivity index is 2.07. The molecule has 0 aliphatic carbocycles. The van der Waals surface area contributed by atoms with Gasteiger partial charge in [-0.05, 0) is 25.1 Å². The number of pyridine rings is 1. The summed E-state index contributed by atoms with van der Waals surface area (Å²) >= 11 is 0. The van der Waals surface area contributed by atoms with E-state index in [0.29, 0.717) is 0 Å². The van der Waals surface area contributed by atoms with Gasteiger partial charge >= 0.3 is 6.18 Å². The number of anilines is 1. The van der Waals surface area contributed by atoms with Crippen LogP contribution in [0.4, 0.5) is 27.8 Å². The van der Waals surface area contributed by atoms with E-state index in [4.69, 9.17) is 15.2 Å². The van der Waals surface area contributed by atoms with Gasteiger partial charge in [-0.2, -0.15) is 17.6 Å². The molecule has 0 bridgehead atoms. The lowest BCUT2D eigenvalue weighted by Gasteiger charge is -2.32. The van der Waals surface area contributed by atoms with Crippen molar-refractivity contribution in [3.8, 4) is 5.75 Å². The van der Waals surface area contributed by atoms with E-state index in [-0.39, 0.29) is 17.1 Å². The van der Waals surface area contributed by atoms with Gasteiger partial charge in [-0.25, -0.2) is 9.37 Å². The quantitative estimate of drug-likeness (QED) is 0.647. The first-order valence-electron chi connectivity index (χ1n) is 9.66. The summed E-state index contributed by atoms with van der Waals surface area (Å²) in [6.45, 7) is 1.97. The molecule has 2 amide bonds. The van der Waals surface area contributed by atoms with Gasteiger partial charge < -0.3 is 20.5 Å². The number of alkyl halides is 3. The van der Waals surface area contributed by atoms with E-state index in [2.05, 4.69) is 10.3 Å². The molecule has 0 spiro atoms. The normalized spacial score (nSPS) is 25.0. The van der Waals surface area contributed by atoms with Gasteiger partial charge in [0.1, 0.15) is 17.6 Å². The molecule has 1 fully saturated rings. The number of methoxy groups -OCH3 is 1. The third-order valence-electron chi connectivity index (χ3n) is 5.82. The van der Waals surface area contributed by atoms with Crippen LogP contribution in [0.3, 0.4) is 0 Å². The molecular formula is C21H20F5N3O4. The fraction of sp³-hybridized carbons (Fsp3) is 0.381. The summed E-state index contributed by atoms with van der Waals surface area (Å²) in [4.78, 5) is 28.2. The fourth-order valence-electron chi connectivity index (χ4n) is 3.88. The molecule has 1 aromatic heterocycles. The van der Waals surface area contributed by atoms with Crippen molar-refractivity contribution in [1.82, 2.24) is 4.98 Å². The molecule has 0 saturated carbocycles. The average Bonchev–Trinajstić information content (AvgIpc) is 3.02. The van der Waals surface area contributed by atoms with Crippen molar-refractivity contribution in [3.05, 3.63) is 53.2 Å². The molecule has 1 aromatic carbocycles. The second-order valence-electron chi connectivity index (χ2n) is 7.70. The second kappa shape index (κ2) is 8.58. The number of aromatic nitrogens is 1. The number of hydrogen-bond donors (Lipinski definition) is 2. The number of hydrogen-bond acceptors (Lipinski definition) is 5. The Hall–Kier alpha value is -3.28. The van der Waals surface area contributed by atoms with Crippen LogP contribution in [0.1, 0.15) is 35.8 Å². The van der Waals surface area contributed by atoms with Gasteiger partial charge in [-0.1, -0.05) is 19.1 Å². The Labute approximate surface area is 185 Å². The lowest BCUT2D eigenvalue weighted by molar-refractivity contribution is -0.272. The predicted octanol–water partition coefficient (Wildman–Crippen LogP) is 3.55. The summed E-state index contributed by atoms with van der Waals surface area (Å²) < 4.78 is 80.0. The SMILES string of the molecule is COc1c([C@H]2[C@@H](C)[C@@](C)(C(F)(F)F)O[C@H]2C(=O)Nc2cccc(C(N)=O)n2)ccc(F)c1F. The fourth-order valence-corrected chi connectivity index (χ4v) is 3.88. The van der Waals surface area contributed by atoms with E-state index in [1.165, 1.54) is 25.1 Å². The molecule has 33 heavy (non-hydrogen) atoms. The first-order valence-corrected chi connectivity index (χ1v) is 9.66. The highest BCUT2D eigenvalue weighted by Gasteiger charge is 2.65. The molecule has 0 radical (unpaired) electrons. The number of benzene rings is 1. The van der Waals surface area contributed by atoms with Crippen LogP contribution in [-0.4, -0.2) is 41.8 Å². The number of halogens is 5. The van der Waals surface area contributed by atoms with E-state index in [0.717, 1.165) is 26.2 Å². The van der Waals surface area contributed by atoms with E-state index in [1.807, 2.05) is 0 Å². The number of carbonyl (C=O) groups is 2. The van der Waals surface area contributed by atoms with Crippen LogP contribution in [0.15, 0.2) is 30.3 Å². The highest BCUT2D eigenvalue weighted by molar-refractivity contribution is 5.96. The number of rotatable bonds is 5. The van der Waals surface area contributed by atoms with Gasteiger partial charge in [-0.15, -0.1) is 0 Å². The van der Waals surface area contributed by atoms with E-state index in [9.17, 15) is 31.5 Å². The zero-order chi connectivity index (χ0) is 24.7. The largest absolute Gasteiger partial charge is 0.493 e. The van der Waals surface area contributed by atoms with Gasteiger partial charge in [0.05, 0.1) is 7.11 Å². The Morgan fingerprint density at radius 3 is 2.45 bits per heavy atom. The van der Waals surface area contributed by atoms with Crippen LogP contribution in [-0.2, 0) is 9.53 Å². The lowest BCUT2D eigenvalue weighted by atomic mass is 9.77. The summed E-state index contributed by atoms with van der Waals surface area (Å²) in [7, 11) is 1.03. The number of nitrogens with zero attached hydrogens (tertiary/aromatic N) is 1. The Morgan fingerprint density at radius 2 is 1.88 bits per heavy atom. The Kier molecular flexibility index (Phi) is 6.33. The maximum Gasteiger partial charge on any atom is 0.417 e. The predicted molar refractivity (Wildman–Crippen MR) is 106 cm³/mol. The molecule has 1 aliphatic rings. The zero-order valence-corrected chi connectivity index (χ0v) is 17.7. The maximum atomic E-state index is 14.3. The minimum atomic E-state index is -4.89. The number of carbonyl (C=O) groups excluding carboxylic acids is 2. The van der Waals surface area contributed by atoms with Crippen LogP contribution in [0.5, 0.6) is 5.75 Å². The van der Waals surface area contributed by atoms with Crippen molar-refractivity contribution in [2.24, 2.45) is 11.7 Å². The highest BCUT2D eigenvalue weighted by atomic mass is 19.4. The minimum Gasteiger partial charge on any atom is -0.493 e. The molecule has 12 heteroatoms. The molecule has 3 rings (SSSR count). The van der Waals surface area contributed by atoms with E-state index < -0.39 is 58.9 Å². The number of amides is 2. The van der Waals surface area contributed by atoms with Crippen LogP contribution in [0, 0.1) is 17.6 Å². The summed E-state index contributed by atoms with van der Waals surface area (Å²) in [6.07, 6.45) is -6.68. The van der Waals surface area contributed by atoms with Crippen LogP contribution < -0.4 is 15.8 Å². The van der Waals surface area contributed by atoms with Gasteiger partial charge in [-0.3, -0.25) is 9.59 Å². The van der Waals surface area contributed by atoms with Crippen molar-refractivity contribution in [3.63, 3.8) is 0 Å². The van der Waals surface area contributed by atoms with Gasteiger partial charge in [0.25, 0.3) is 11.8 Å². The van der Waals surface area contributed by atoms with Crippen molar-refractivity contribution in [2.45, 2.75) is 37.6 Å². The van der Waals surface area contributed by atoms with Crippen molar-refractivity contribution >= 4 is 17.6 Å². The summed E-state index contributed by atoms with van der Waals surface area (Å²) in [5.74, 6) is -8.17. The van der Waals surface area contributed by atoms with Crippen LogP contribution in [0.25, 0.3) is 0 Å². The van der Waals surface area contributed by atoms with Crippen molar-refractivity contribution in [1.29, 1.82) is 0 Å². The molecule has 1 saturated heterocycles. The monoisotopic (exact) mass is 473 g/mol. The summed E-state index contributed by atoms with van der Waals surface area (Å²) in [5.41, 5.74) is 2.00. The molecule has 7 nitrogen and oxygen atoms in total. The maximum absolute atomic E-state index is 14.3. The number of ether oxygens (including phenoxy) is 2. The topological polar surface area (TPSA) is 104 Å². The smallest absolute Gasteiger partial charge is 0.417 e. The Morgan fingerprint density at radius 1 is 1.21 bits per heavy atom. The van der Waals surface area contributed by atoms with Crippen LogP contribution >= 0.6 is 0 Å². The summed E-state index contributed by atoms with van der Waals surface area (Å²) in [6, 6.07) is 5.71. The minimum absolute atomic E-state index is 0.163. The molecule has 178 valence electrons. The summed E-state index contributed by atoms with van der Waals surface area (Å²) in [5, 5.41) is 2.29. The van der Waals surface area contributed by atoms with E-state index >= 15 is 0 Å². The number of nitrogens with two attached hydrogens (primary N) is 1. The molecular weight excluding hydrogens is 453 g/mol. The first-order chi connectivity index (χ1) is 15.3. The average molecular weight is 473 g/mol. The third kappa shape index (κ3) is 4.22. The van der Waals surface area contributed by atoms with Gasteiger partial charge in [0.2, 0.25) is 5.82 Å². The van der Waals surface area contributed by atoms with E-state index in [1.54, 1.807) is 0 Å². The van der Waals surface area contributed by atoms with Gasteiger partial charge in [0, 0.05) is 17.4 Å². The molecule has 2 aromatic rings. The first kappa shape index (κ1) is 24.4. The highest BCUT2D eigenvalue weighted by Crippen LogP contribution is 2.54. The molecule has 4 atom stereocenters. The molecule has 2 heterocycles. The van der Waals surface area contributed by atoms with Crippen molar-refractivity contribution in [2.75, 3.05) is 12.4 Å². The van der Waals surface area contributed by atoms with Gasteiger partial charge in [0.15, 0.2) is 17.2 Å². The second-order valence-corrected chi connectivity index (χ2v) is 7.70. The molecule has 1 aliphatic heterocycles. The third-order valence-corrected chi connectivity index (χ3v) is 5.82. The standard InChI is InChI=1S/C21H20F5N3O4/c1-9-14(10-7-8-11(22)15(23)16(10)32-3)17(33-20(9,2)21(24,25)26)19(31)29-13-6-4-5-12(28-13)18(27)30/h4-9,14,17H,1-3H3,(H2,27,30)(H,28,29,31)/t9-,14-,17-,20+/m1/s1. The zero-order valence-electron chi connectivity index (χ0n) is 17.7. The lowest BCUT2D eigenvalue weighted by Crippen LogP contribution is -2.47. The Bertz CT molecular complexity index is 1090. The number of primary amides is 1. The molecule has 3 N–H and O–H groups in total. The number of nitrogens with one attached hydrogen (secondary N) is 1. The van der Waals surface area contributed by atoms with Crippen molar-refractivity contribution < 1.29 is 41.0 Å². The molecule has 0 unspecified atom stereocenters.